The summed E-state index contributed by atoms with van der Waals surface area (Å²) >= 11 is 0. The third-order valence-electron chi connectivity index (χ3n) is 4.16. The summed E-state index contributed by atoms with van der Waals surface area (Å²) < 4.78 is 0. The molecule has 0 aromatic heterocycles. The molecule has 0 unspecified atom stereocenters. The Labute approximate surface area is 139 Å². The number of benzene rings is 1. The summed E-state index contributed by atoms with van der Waals surface area (Å²) in [5.41, 5.74) is 1.86. The van der Waals surface area contributed by atoms with Gasteiger partial charge in [-0.2, -0.15) is 0 Å². The third kappa shape index (κ3) is 2.66. The Kier molecular flexibility index (Phi) is 4.09. The number of amides is 5. The fraction of sp³-hybridized carbons (Fsp3) is 0.412. The van der Waals surface area contributed by atoms with Crippen LogP contribution in [0.2, 0.25) is 0 Å². The molecule has 7 nitrogen and oxygen atoms in total. The van der Waals surface area contributed by atoms with E-state index in [2.05, 4.69) is 0 Å². The van der Waals surface area contributed by atoms with Crippen LogP contribution in [0.5, 0.6) is 0 Å². The van der Waals surface area contributed by atoms with Gasteiger partial charge in [0.1, 0.15) is 6.54 Å². The van der Waals surface area contributed by atoms with E-state index >= 15 is 0 Å². The van der Waals surface area contributed by atoms with Crippen molar-refractivity contribution >= 4 is 29.4 Å². The normalized spacial score (nSPS) is 17.3. The van der Waals surface area contributed by atoms with Crippen molar-refractivity contribution in [2.24, 2.45) is 5.92 Å². The third-order valence-corrected chi connectivity index (χ3v) is 4.16. The summed E-state index contributed by atoms with van der Waals surface area (Å²) in [5, 5.41) is 0. The summed E-state index contributed by atoms with van der Waals surface area (Å²) in [6.45, 7) is 3.96. The van der Waals surface area contributed by atoms with Gasteiger partial charge in [-0.3, -0.25) is 19.3 Å². The maximum Gasteiger partial charge on any atom is 0.334 e. The minimum Gasteiger partial charge on any atom is -0.310 e. The quantitative estimate of drug-likeness (QED) is 0.610. The predicted molar refractivity (Wildman–Crippen MR) is 86.2 cm³/mol. The summed E-state index contributed by atoms with van der Waals surface area (Å²) in [7, 11) is 0. The van der Waals surface area contributed by atoms with E-state index in [1.54, 1.807) is 4.90 Å². The molecule has 1 saturated heterocycles. The van der Waals surface area contributed by atoms with E-state index in [0.29, 0.717) is 6.54 Å². The highest BCUT2D eigenvalue weighted by molar-refractivity contribution is 6.45. The predicted octanol–water partition coefficient (Wildman–Crippen LogP) is 1.02. The van der Waals surface area contributed by atoms with E-state index < -0.39 is 24.4 Å². The van der Waals surface area contributed by atoms with Crippen LogP contribution in [0.4, 0.5) is 10.5 Å². The molecule has 2 heterocycles. The van der Waals surface area contributed by atoms with Crippen LogP contribution in [-0.4, -0.2) is 53.2 Å². The van der Waals surface area contributed by atoms with E-state index in [4.69, 9.17) is 0 Å². The van der Waals surface area contributed by atoms with Gasteiger partial charge in [-0.05, 0) is 24.0 Å². The van der Waals surface area contributed by atoms with Crippen LogP contribution in [0.3, 0.4) is 0 Å². The maximum atomic E-state index is 12.5. The smallest absolute Gasteiger partial charge is 0.310 e. The van der Waals surface area contributed by atoms with Crippen LogP contribution in [0.25, 0.3) is 0 Å². The largest absolute Gasteiger partial charge is 0.334 e. The molecule has 2 aliphatic rings. The molecule has 0 N–H and O–H groups in total. The SMILES string of the molecule is CC(C)CN1C(=O)C(=O)N(CC(=O)N2CCc3ccccc32)C1=O. The number of rotatable bonds is 4. The van der Waals surface area contributed by atoms with Gasteiger partial charge >= 0.3 is 17.8 Å². The molecule has 0 aliphatic carbocycles. The molecular formula is C17H19N3O4. The van der Waals surface area contributed by atoms with Gasteiger partial charge in [-0.25, -0.2) is 9.69 Å². The number of hydrogen-bond acceptors (Lipinski definition) is 4. The van der Waals surface area contributed by atoms with E-state index in [1.165, 1.54) is 0 Å². The van der Waals surface area contributed by atoms with Gasteiger partial charge in [0.05, 0.1) is 0 Å². The molecule has 0 saturated carbocycles. The van der Waals surface area contributed by atoms with Crippen LogP contribution in [-0.2, 0) is 20.8 Å². The molecule has 126 valence electrons. The number of imide groups is 2. The minimum absolute atomic E-state index is 0.0480. The summed E-state index contributed by atoms with van der Waals surface area (Å²) in [4.78, 5) is 52.1. The Hall–Kier alpha value is -2.70. The van der Waals surface area contributed by atoms with Crippen LogP contribution in [0, 0.1) is 5.92 Å². The number of urea groups is 1. The van der Waals surface area contributed by atoms with E-state index in [9.17, 15) is 19.2 Å². The Bertz CT molecular complexity index is 728. The lowest BCUT2D eigenvalue weighted by atomic mass is 10.2. The second kappa shape index (κ2) is 6.07. The fourth-order valence-corrected chi connectivity index (χ4v) is 3.03. The average Bonchev–Trinajstić information content (AvgIpc) is 3.06. The number of hydrogen-bond donors (Lipinski definition) is 0. The van der Waals surface area contributed by atoms with Crippen LogP contribution in [0.15, 0.2) is 24.3 Å². The Morgan fingerprint density at radius 2 is 1.75 bits per heavy atom. The van der Waals surface area contributed by atoms with Crippen molar-refractivity contribution in [2.75, 3.05) is 24.5 Å². The molecule has 1 aromatic rings. The minimum atomic E-state index is -0.929. The standard InChI is InChI=1S/C17H19N3O4/c1-11(2)9-19-15(22)16(23)20(17(19)24)10-14(21)18-8-7-12-5-3-4-6-13(12)18/h3-6,11H,7-10H2,1-2H3. The van der Waals surface area contributed by atoms with Crippen LogP contribution in [0.1, 0.15) is 19.4 Å². The first-order valence-corrected chi connectivity index (χ1v) is 7.95. The zero-order valence-electron chi connectivity index (χ0n) is 13.7. The molecule has 5 amide bonds. The number of fused-ring (bicyclic) bond motifs is 1. The number of nitrogens with zero attached hydrogens (tertiary/aromatic N) is 3. The van der Waals surface area contributed by atoms with Crippen molar-refractivity contribution in [3.63, 3.8) is 0 Å². The summed E-state index contributed by atoms with van der Waals surface area (Å²) in [6, 6.07) is 6.82. The lowest BCUT2D eigenvalue weighted by Crippen LogP contribution is -2.43. The zero-order valence-corrected chi connectivity index (χ0v) is 13.7. The number of carbonyl (C=O) groups excluding carboxylic acids is 4. The van der Waals surface area contributed by atoms with Crippen molar-refractivity contribution in [3.05, 3.63) is 29.8 Å². The highest BCUT2D eigenvalue weighted by Crippen LogP contribution is 2.27. The van der Waals surface area contributed by atoms with Gasteiger partial charge in [0, 0.05) is 18.8 Å². The monoisotopic (exact) mass is 329 g/mol. The van der Waals surface area contributed by atoms with E-state index in [1.807, 2.05) is 38.1 Å². The first kappa shape index (κ1) is 16.2. The van der Waals surface area contributed by atoms with Crippen molar-refractivity contribution in [2.45, 2.75) is 20.3 Å². The first-order valence-electron chi connectivity index (χ1n) is 7.95. The van der Waals surface area contributed by atoms with Crippen molar-refractivity contribution in [1.29, 1.82) is 0 Å². The molecule has 0 radical (unpaired) electrons. The highest BCUT2D eigenvalue weighted by Gasteiger charge is 2.45. The van der Waals surface area contributed by atoms with Crippen LogP contribution < -0.4 is 4.90 Å². The molecule has 1 aromatic carbocycles. The van der Waals surface area contributed by atoms with Gasteiger partial charge in [-0.15, -0.1) is 0 Å². The Morgan fingerprint density at radius 1 is 1.08 bits per heavy atom. The van der Waals surface area contributed by atoms with E-state index in [-0.39, 0.29) is 18.4 Å². The Balaban J connectivity index is 1.74. The molecular weight excluding hydrogens is 310 g/mol. The number of anilines is 1. The molecule has 1 fully saturated rings. The van der Waals surface area contributed by atoms with Gasteiger partial charge in [0.25, 0.3) is 0 Å². The second-order valence-corrected chi connectivity index (χ2v) is 6.41. The topological polar surface area (TPSA) is 78.0 Å². The summed E-state index contributed by atoms with van der Waals surface area (Å²) in [5.74, 6) is -2.10. The fourth-order valence-electron chi connectivity index (χ4n) is 3.03. The molecule has 3 rings (SSSR count). The van der Waals surface area contributed by atoms with Crippen molar-refractivity contribution in [3.8, 4) is 0 Å². The lowest BCUT2D eigenvalue weighted by Gasteiger charge is -2.21. The van der Waals surface area contributed by atoms with Crippen LogP contribution >= 0.6 is 0 Å². The van der Waals surface area contributed by atoms with Crippen molar-refractivity contribution < 1.29 is 19.2 Å². The molecule has 2 aliphatic heterocycles. The molecule has 0 atom stereocenters. The number of carbonyl (C=O) groups is 4. The summed E-state index contributed by atoms with van der Waals surface area (Å²) in [6.07, 6.45) is 0.738. The van der Waals surface area contributed by atoms with E-state index in [0.717, 1.165) is 27.5 Å². The van der Waals surface area contributed by atoms with Gasteiger partial charge in [0.2, 0.25) is 5.91 Å². The highest BCUT2D eigenvalue weighted by atomic mass is 16.2. The molecule has 0 spiro atoms. The zero-order chi connectivity index (χ0) is 17.4. The first-order chi connectivity index (χ1) is 11.4. The number of para-hydroxylation sites is 1. The Morgan fingerprint density at radius 3 is 2.46 bits per heavy atom. The van der Waals surface area contributed by atoms with Gasteiger partial charge in [-0.1, -0.05) is 32.0 Å². The van der Waals surface area contributed by atoms with Gasteiger partial charge < -0.3 is 4.90 Å². The van der Waals surface area contributed by atoms with Crippen molar-refractivity contribution in [1.82, 2.24) is 9.80 Å². The lowest BCUT2D eigenvalue weighted by molar-refractivity contribution is -0.144. The molecule has 0 bridgehead atoms. The average molecular weight is 329 g/mol. The maximum absolute atomic E-state index is 12.5. The van der Waals surface area contributed by atoms with Gasteiger partial charge in [0.15, 0.2) is 0 Å². The second-order valence-electron chi connectivity index (χ2n) is 6.41. The molecule has 24 heavy (non-hydrogen) atoms. The molecule has 7 heteroatoms.